The lowest BCUT2D eigenvalue weighted by Crippen LogP contribution is -2.60. The molecule has 0 unspecified atom stereocenters. The van der Waals surface area contributed by atoms with Crippen molar-refractivity contribution in [3.8, 4) is 22.9 Å². The predicted molar refractivity (Wildman–Crippen MR) is 231 cm³/mol. The SMILES string of the molecule is C=C[C@@H]1C[C@@]1(C(=O)NP(=O)(OC)OC)N(C)C(=O)[C@@H]1C[C@@H](Oc2cc(-c3csc(NC(C)C)n3)nc3cc(OC)ccc23)CN1C(=O)[C@@H](NC(=O)OC1CCCC1)C(C)(C)C. The number of fused-ring (bicyclic) bond motifs is 1. The lowest BCUT2D eigenvalue weighted by molar-refractivity contribution is -0.149. The van der Waals surface area contributed by atoms with Gasteiger partial charge in [-0.25, -0.2) is 19.3 Å². The Morgan fingerprint density at radius 3 is 2.36 bits per heavy atom. The number of carbonyl (C=O) groups excluding carboxylic acids is 4. The number of hydrogen-bond donors (Lipinski definition) is 3. The fourth-order valence-corrected chi connectivity index (χ4v) is 9.69. The van der Waals surface area contributed by atoms with Crippen LogP contribution in [0, 0.1) is 11.3 Å². The van der Waals surface area contributed by atoms with Crippen LogP contribution in [-0.2, 0) is 32.7 Å². The first kappa shape index (κ1) is 45.7. The molecule has 2 saturated carbocycles. The molecule has 1 aliphatic heterocycles. The molecule has 1 saturated heterocycles. The van der Waals surface area contributed by atoms with E-state index < -0.39 is 66.6 Å². The molecule has 3 N–H and O–H groups in total. The van der Waals surface area contributed by atoms with Crippen molar-refractivity contribution in [1.29, 1.82) is 0 Å². The molecule has 2 aromatic heterocycles. The maximum absolute atomic E-state index is 14.9. The molecule has 332 valence electrons. The van der Waals surface area contributed by atoms with Gasteiger partial charge in [0.25, 0.3) is 5.91 Å². The number of hydrogen-bond acceptors (Lipinski definition) is 14. The van der Waals surface area contributed by atoms with E-state index in [9.17, 15) is 23.7 Å². The van der Waals surface area contributed by atoms with Gasteiger partial charge in [0.2, 0.25) is 11.8 Å². The van der Waals surface area contributed by atoms with Crippen molar-refractivity contribution in [1.82, 2.24) is 30.2 Å². The molecular formula is C42H58N7O10PS. The van der Waals surface area contributed by atoms with Crippen molar-refractivity contribution in [3.05, 3.63) is 42.3 Å². The number of nitrogens with one attached hydrogen (secondary N) is 3. The number of nitrogens with zero attached hydrogens (tertiary/aromatic N) is 4. The van der Waals surface area contributed by atoms with Crippen LogP contribution in [-0.4, -0.2) is 114 Å². The van der Waals surface area contributed by atoms with E-state index in [1.54, 1.807) is 31.4 Å². The number of ether oxygens (including phenoxy) is 3. The molecule has 3 aliphatic rings. The molecule has 0 bridgehead atoms. The van der Waals surface area contributed by atoms with Gasteiger partial charge in [-0.3, -0.25) is 28.5 Å². The molecule has 61 heavy (non-hydrogen) atoms. The van der Waals surface area contributed by atoms with Crippen molar-refractivity contribution in [2.75, 3.05) is 40.2 Å². The number of benzene rings is 1. The molecule has 0 spiro atoms. The number of thiazole rings is 1. The molecule has 2 aliphatic carbocycles. The summed E-state index contributed by atoms with van der Waals surface area (Å²) in [5.74, 6) is -1.32. The summed E-state index contributed by atoms with van der Waals surface area (Å²) in [6.07, 6.45) is 3.46. The van der Waals surface area contributed by atoms with Gasteiger partial charge in [0.15, 0.2) is 5.13 Å². The average molecular weight is 884 g/mol. The van der Waals surface area contributed by atoms with Gasteiger partial charge in [0.1, 0.15) is 47.0 Å². The second kappa shape index (κ2) is 18.3. The molecule has 4 amide bonds. The molecular weight excluding hydrogens is 826 g/mol. The van der Waals surface area contributed by atoms with E-state index in [4.69, 9.17) is 33.2 Å². The van der Waals surface area contributed by atoms with Crippen LogP contribution in [0.5, 0.6) is 11.5 Å². The largest absolute Gasteiger partial charge is 0.497 e. The molecule has 6 rings (SSSR count). The van der Waals surface area contributed by atoms with Crippen molar-refractivity contribution in [2.24, 2.45) is 11.3 Å². The van der Waals surface area contributed by atoms with Gasteiger partial charge in [-0.05, 0) is 63.5 Å². The number of pyridine rings is 1. The number of carbonyl (C=O) groups is 4. The number of alkyl carbamates (subject to hydrolysis) is 1. The summed E-state index contributed by atoms with van der Waals surface area (Å²) in [5, 5.41) is 11.8. The smallest absolute Gasteiger partial charge is 0.434 e. The molecule has 19 heteroatoms. The minimum Gasteiger partial charge on any atom is -0.497 e. The van der Waals surface area contributed by atoms with Crippen LogP contribution >= 0.6 is 19.1 Å². The van der Waals surface area contributed by atoms with Gasteiger partial charge in [0, 0.05) is 62.5 Å². The quantitative estimate of drug-likeness (QED) is 0.104. The third-order valence-electron chi connectivity index (χ3n) is 11.5. The van der Waals surface area contributed by atoms with E-state index in [1.165, 1.54) is 28.2 Å². The topological polar surface area (TPSA) is 200 Å². The second-order valence-electron chi connectivity index (χ2n) is 17.1. The van der Waals surface area contributed by atoms with Crippen molar-refractivity contribution in [2.45, 2.75) is 109 Å². The Morgan fingerprint density at radius 1 is 1.05 bits per heavy atom. The van der Waals surface area contributed by atoms with Gasteiger partial charge < -0.3 is 34.6 Å². The fourth-order valence-electron chi connectivity index (χ4n) is 8.06. The van der Waals surface area contributed by atoms with E-state index in [0.717, 1.165) is 45.0 Å². The van der Waals surface area contributed by atoms with Crippen molar-refractivity contribution < 1.29 is 47.0 Å². The number of aromatic nitrogens is 2. The summed E-state index contributed by atoms with van der Waals surface area (Å²) in [4.78, 5) is 69.4. The third kappa shape index (κ3) is 9.82. The van der Waals surface area contributed by atoms with E-state index in [0.29, 0.717) is 33.8 Å². The Hall–Kier alpha value is -4.77. The molecule has 3 fully saturated rings. The van der Waals surface area contributed by atoms with Crippen LogP contribution in [0.3, 0.4) is 0 Å². The number of likely N-dealkylation sites (N-methyl/N-ethyl adjacent to an activating group) is 1. The Bertz CT molecular complexity index is 2180. The van der Waals surface area contributed by atoms with Crippen LogP contribution in [0.4, 0.5) is 9.93 Å². The number of anilines is 1. The van der Waals surface area contributed by atoms with Gasteiger partial charge >= 0.3 is 13.8 Å². The Morgan fingerprint density at radius 2 is 1.75 bits per heavy atom. The summed E-state index contributed by atoms with van der Waals surface area (Å²) in [7, 11) is 1.27. The minimum absolute atomic E-state index is 0.0256. The summed E-state index contributed by atoms with van der Waals surface area (Å²) < 4.78 is 41.0. The normalized spacial score (nSPS) is 22.1. The summed E-state index contributed by atoms with van der Waals surface area (Å²) in [5.41, 5.74) is -0.570. The van der Waals surface area contributed by atoms with E-state index in [-0.39, 0.29) is 31.5 Å². The third-order valence-corrected chi connectivity index (χ3v) is 13.8. The molecule has 3 aromatic rings. The van der Waals surface area contributed by atoms with Crippen molar-refractivity contribution >= 4 is 58.9 Å². The Kier molecular flexibility index (Phi) is 13.7. The highest BCUT2D eigenvalue weighted by molar-refractivity contribution is 7.52. The van der Waals surface area contributed by atoms with E-state index >= 15 is 0 Å². The molecule has 1 aromatic carbocycles. The number of rotatable bonds is 16. The highest BCUT2D eigenvalue weighted by atomic mass is 32.1. The van der Waals surface area contributed by atoms with Crippen LogP contribution in [0.25, 0.3) is 22.3 Å². The zero-order valence-electron chi connectivity index (χ0n) is 36.3. The minimum atomic E-state index is -4.05. The zero-order chi connectivity index (χ0) is 44.4. The Labute approximate surface area is 360 Å². The fraction of sp³-hybridized carbons (Fsp3) is 0.571. The molecule has 0 radical (unpaired) electrons. The van der Waals surface area contributed by atoms with Crippen LogP contribution < -0.4 is 25.2 Å². The zero-order valence-corrected chi connectivity index (χ0v) is 38.0. The number of likely N-dealkylation sites (tertiary alicyclic amines) is 1. The lowest BCUT2D eigenvalue weighted by Gasteiger charge is -2.37. The second-order valence-corrected chi connectivity index (χ2v) is 19.9. The predicted octanol–water partition coefficient (Wildman–Crippen LogP) is 6.54. The van der Waals surface area contributed by atoms with Crippen LogP contribution in [0.15, 0.2) is 42.3 Å². The highest BCUT2D eigenvalue weighted by Gasteiger charge is 2.65. The van der Waals surface area contributed by atoms with Crippen LogP contribution in [0.1, 0.15) is 73.1 Å². The molecule has 3 heterocycles. The monoisotopic (exact) mass is 883 g/mol. The van der Waals surface area contributed by atoms with Gasteiger partial charge in [-0.15, -0.1) is 17.9 Å². The maximum atomic E-state index is 14.9. The van der Waals surface area contributed by atoms with Crippen LogP contribution in [0.2, 0.25) is 0 Å². The summed E-state index contributed by atoms with van der Waals surface area (Å²) in [6, 6.07) is 5.13. The summed E-state index contributed by atoms with van der Waals surface area (Å²) in [6.45, 7) is 13.3. The average Bonchev–Trinajstić information content (AvgIpc) is 3.58. The van der Waals surface area contributed by atoms with Gasteiger partial charge in [0.05, 0.1) is 24.9 Å². The maximum Gasteiger partial charge on any atom is 0.434 e. The van der Waals surface area contributed by atoms with E-state index in [1.807, 2.05) is 46.1 Å². The molecule has 5 atom stereocenters. The van der Waals surface area contributed by atoms with E-state index in [2.05, 4.69) is 22.3 Å². The first-order valence-corrected chi connectivity index (χ1v) is 22.9. The lowest BCUT2D eigenvalue weighted by atomic mass is 9.85. The standard InChI is InChI=1S/C42H58N7O10PS/c1-11-25-21-42(25,38(52)47-60(54,56-9)57-10)48(7)36(50)33-19-28(22-49(33)37(51)35(41(4,5)6)46-40(53)59-26-14-12-13-15-26)58-34-20-31(32-23-61-39(45-32)43-24(2)3)44-30-18-27(55-8)16-17-29(30)34/h11,16-18,20,23-26,28,33,35H,1,12-15,19,21-22H2,2-10H3,(H,43,45)(H,46,53)(H,47,52,54)/t25-,28-,33+,35-,42-/m1/s1. The number of amides is 4. The summed E-state index contributed by atoms with van der Waals surface area (Å²) >= 11 is 1.45. The highest BCUT2D eigenvalue weighted by Crippen LogP contribution is 2.52. The van der Waals surface area contributed by atoms with Gasteiger partial charge in [-0.1, -0.05) is 26.8 Å². The molecule has 17 nitrogen and oxygen atoms in total. The Balaban J connectivity index is 1.37. The first-order valence-electron chi connectivity index (χ1n) is 20.5. The number of methoxy groups -OCH3 is 1. The first-order chi connectivity index (χ1) is 28.9. The van der Waals surface area contributed by atoms with Crippen molar-refractivity contribution in [3.63, 3.8) is 0 Å². The van der Waals surface area contributed by atoms with Gasteiger partial charge in [-0.2, -0.15) is 0 Å².